The summed E-state index contributed by atoms with van der Waals surface area (Å²) >= 11 is 6.20. The molecule has 1 atom stereocenters. The lowest BCUT2D eigenvalue weighted by atomic mass is 10.0. The number of halogens is 3. The lowest BCUT2D eigenvalue weighted by Crippen LogP contribution is -2.46. The zero-order valence-electron chi connectivity index (χ0n) is 15.3. The average molecular weight is 428 g/mol. The fourth-order valence-corrected chi connectivity index (χ4v) is 3.92. The molecule has 0 amide bonds. The van der Waals surface area contributed by atoms with Crippen LogP contribution >= 0.6 is 36.4 Å². The number of imidazole rings is 1. The van der Waals surface area contributed by atoms with Crippen molar-refractivity contribution in [2.45, 2.75) is 12.5 Å². The van der Waals surface area contributed by atoms with Crippen LogP contribution in [0.1, 0.15) is 17.4 Å². The summed E-state index contributed by atoms with van der Waals surface area (Å²) in [5.74, 6) is 1.14. The Kier molecular flexibility index (Phi) is 7.95. The number of para-hydroxylation sites is 2. The van der Waals surface area contributed by atoms with Crippen molar-refractivity contribution in [3.05, 3.63) is 64.9 Å². The Balaban J connectivity index is 0.00000131. The van der Waals surface area contributed by atoms with Crippen LogP contribution in [0.2, 0.25) is 5.02 Å². The van der Waals surface area contributed by atoms with Crippen molar-refractivity contribution < 1.29 is 0 Å². The van der Waals surface area contributed by atoms with E-state index in [9.17, 15) is 0 Å². The summed E-state index contributed by atoms with van der Waals surface area (Å²) in [4.78, 5) is 7.35. The third-order valence-corrected chi connectivity index (χ3v) is 5.33. The van der Waals surface area contributed by atoms with Crippen molar-refractivity contribution in [1.82, 2.24) is 19.8 Å². The highest BCUT2D eigenvalue weighted by atomic mass is 35.5. The first-order chi connectivity index (χ1) is 12.2. The van der Waals surface area contributed by atoms with E-state index in [1.165, 1.54) is 11.1 Å². The Labute approximate surface area is 177 Å². The Hall–Kier alpha value is -1.30. The molecule has 4 nitrogen and oxygen atoms in total. The molecule has 0 aliphatic carbocycles. The minimum absolute atomic E-state index is 0. The molecule has 0 radical (unpaired) electrons. The standard InChI is InChI=1S/C20H23ClN4.2ClH/c1-24-18-8-3-2-7-17(18)23-20(24)9-11-25-12-10-22-14-19(25)15-5-4-6-16(21)13-15;;/h2-8,13,19,22H,9-12,14H2,1H3;2*1H. The van der Waals surface area contributed by atoms with Crippen molar-refractivity contribution in [2.75, 3.05) is 26.2 Å². The lowest BCUT2D eigenvalue weighted by Gasteiger charge is -2.36. The average Bonchev–Trinajstić information content (AvgIpc) is 2.96. The summed E-state index contributed by atoms with van der Waals surface area (Å²) in [6, 6.07) is 16.9. The molecule has 4 rings (SSSR count). The van der Waals surface area contributed by atoms with Crippen LogP contribution in [0.3, 0.4) is 0 Å². The highest BCUT2D eigenvalue weighted by Crippen LogP contribution is 2.25. The van der Waals surface area contributed by atoms with Crippen LogP contribution in [0.4, 0.5) is 0 Å². The summed E-state index contributed by atoms with van der Waals surface area (Å²) in [5, 5.41) is 4.31. The normalized spacial score (nSPS) is 17.3. The van der Waals surface area contributed by atoms with E-state index in [4.69, 9.17) is 16.6 Å². The molecule has 1 saturated heterocycles. The van der Waals surface area contributed by atoms with Crippen LogP contribution in [-0.4, -0.2) is 40.6 Å². The van der Waals surface area contributed by atoms with Gasteiger partial charge in [-0.15, -0.1) is 24.8 Å². The van der Waals surface area contributed by atoms with E-state index in [1.54, 1.807) is 0 Å². The molecule has 2 aromatic carbocycles. The molecular formula is C20H25Cl3N4. The molecule has 1 N–H and O–H groups in total. The van der Waals surface area contributed by atoms with E-state index in [-0.39, 0.29) is 24.8 Å². The van der Waals surface area contributed by atoms with Gasteiger partial charge >= 0.3 is 0 Å². The van der Waals surface area contributed by atoms with E-state index in [1.807, 2.05) is 18.2 Å². The third-order valence-electron chi connectivity index (χ3n) is 5.09. The van der Waals surface area contributed by atoms with Crippen LogP contribution in [-0.2, 0) is 13.5 Å². The predicted molar refractivity (Wildman–Crippen MR) is 118 cm³/mol. The molecule has 1 aromatic heterocycles. The minimum Gasteiger partial charge on any atom is -0.331 e. The first-order valence-electron chi connectivity index (χ1n) is 8.83. The van der Waals surface area contributed by atoms with Gasteiger partial charge in [0.1, 0.15) is 5.82 Å². The van der Waals surface area contributed by atoms with Crippen molar-refractivity contribution in [2.24, 2.45) is 7.05 Å². The predicted octanol–water partition coefficient (Wildman–Crippen LogP) is 4.26. The Bertz CT molecular complexity index is 881. The highest BCUT2D eigenvalue weighted by Gasteiger charge is 2.24. The minimum atomic E-state index is 0. The number of aryl methyl sites for hydroxylation is 1. The number of aromatic nitrogens is 2. The van der Waals surface area contributed by atoms with Gasteiger partial charge in [0, 0.05) is 50.7 Å². The second kappa shape index (κ2) is 9.76. The number of hydrogen-bond acceptors (Lipinski definition) is 3. The van der Waals surface area contributed by atoms with Gasteiger partial charge in [-0.25, -0.2) is 4.98 Å². The molecule has 27 heavy (non-hydrogen) atoms. The molecular weight excluding hydrogens is 403 g/mol. The fourth-order valence-electron chi connectivity index (χ4n) is 3.72. The number of benzene rings is 2. The summed E-state index contributed by atoms with van der Waals surface area (Å²) in [7, 11) is 2.11. The summed E-state index contributed by atoms with van der Waals surface area (Å²) in [5.41, 5.74) is 3.56. The molecule has 1 aliphatic heterocycles. The second-order valence-electron chi connectivity index (χ2n) is 6.64. The Morgan fingerprint density at radius 1 is 1.15 bits per heavy atom. The molecule has 7 heteroatoms. The van der Waals surface area contributed by atoms with Crippen LogP contribution < -0.4 is 5.32 Å². The number of hydrogen-bond donors (Lipinski definition) is 1. The maximum Gasteiger partial charge on any atom is 0.110 e. The van der Waals surface area contributed by atoms with E-state index < -0.39 is 0 Å². The quantitative estimate of drug-likeness (QED) is 0.675. The maximum atomic E-state index is 6.20. The molecule has 1 fully saturated rings. The third kappa shape index (κ3) is 4.76. The number of piperazine rings is 1. The van der Waals surface area contributed by atoms with Gasteiger partial charge in [-0.05, 0) is 29.8 Å². The van der Waals surface area contributed by atoms with Gasteiger partial charge in [0.15, 0.2) is 0 Å². The van der Waals surface area contributed by atoms with E-state index >= 15 is 0 Å². The second-order valence-corrected chi connectivity index (χ2v) is 7.07. The summed E-state index contributed by atoms with van der Waals surface area (Å²) in [6.45, 7) is 4.03. The van der Waals surface area contributed by atoms with Crippen molar-refractivity contribution >= 4 is 47.4 Å². The molecule has 1 unspecified atom stereocenters. The van der Waals surface area contributed by atoms with Crippen LogP contribution in [0.15, 0.2) is 48.5 Å². The molecule has 2 heterocycles. The smallest absolute Gasteiger partial charge is 0.110 e. The van der Waals surface area contributed by atoms with Gasteiger partial charge in [-0.1, -0.05) is 35.9 Å². The maximum absolute atomic E-state index is 6.20. The van der Waals surface area contributed by atoms with Gasteiger partial charge in [0.05, 0.1) is 11.0 Å². The first kappa shape index (κ1) is 22.0. The molecule has 0 saturated carbocycles. The fraction of sp³-hybridized carbons (Fsp3) is 0.350. The molecule has 146 valence electrons. The van der Waals surface area contributed by atoms with Crippen molar-refractivity contribution in [3.63, 3.8) is 0 Å². The van der Waals surface area contributed by atoms with Gasteiger partial charge in [-0.3, -0.25) is 4.90 Å². The zero-order valence-corrected chi connectivity index (χ0v) is 17.7. The van der Waals surface area contributed by atoms with Crippen LogP contribution in [0.25, 0.3) is 11.0 Å². The molecule has 0 bridgehead atoms. The molecule has 1 aliphatic rings. The number of nitrogens with one attached hydrogen (secondary N) is 1. The van der Waals surface area contributed by atoms with E-state index in [0.717, 1.165) is 49.0 Å². The monoisotopic (exact) mass is 426 g/mol. The number of rotatable bonds is 4. The largest absolute Gasteiger partial charge is 0.331 e. The van der Waals surface area contributed by atoms with Gasteiger partial charge in [0.2, 0.25) is 0 Å². The summed E-state index contributed by atoms with van der Waals surface area (Å²) < 4.78 is 2.21. The highest BCUT2D eigenvalue weighted by molar-refractivity contribution is 6.30. The SMILES string of the molecule is Cl.Cl.Cn1c(CCN2CCNCC2c2cccc(Cl)c2)nc2ccccc21. The van der Waals surface area contributed by atoms with Gasteiger partial charge < -0.3 is 9.88 Å². The summed E-state index contributed by atoms with van der Waals surface area (Å²) in [6.07, 6.45) is 0.947. The number of fused-ring (bicyclic) bond motifs is 1. The number of nitrogens with zero attached hydrogens (tertiary/aromatic N) is 3. The molecule has 3 aromatic rings. The van der Waals surface area contributed by atoms with Crippen molar-refractivity contribution in [3.8, 4) is 0 Å². The molecule has 0 spiro atoms. The Morgan fingerprint density at radius 2 is 1.96 bits per heavy atom. The van der Waals surface area contributed by atoms with E-state index in [0.29, 0.717) is 6.04 Å². The Morgan fingerprint density at radius 3 is 2.74 bits per heavy atom. The van der Waals surface area contributed by atoms with Crippen LogP contribution in [0, 0.1) is 0 Å². The van der Waals surface area contributed by atoms with E-state index in [2.05, 4.69) is 52.2 Å². The van der Waals surface area contributed by atoms with Crippen LogP contribution in [0.5, 0.6) is 0 Å². The lowest BCUT2D eigenvalue weighted by molar-refractivity contribution is 0.163. The van der Waals surface area contributed by atoms with Gasteiger partial charge in [-0.2, -0.15) is 0 Å². The zero-order chi connectivity index (χ0) is 17.2. The van der Waals surface area contributed by atoms with Crippen molar-refractivity contribution in [1.29, 1.82) is 0 Å². The first-order valence-corrected chi connectivity index (χ1v) is 9.21. The van der Waals surface area contributed by atoms with Gasteiger partial charge in [0.25, 0.3) is 0 Å². The topological polar surface area (TPSA) is 33.1 Å².